The maximum Gasteiger partial charge on any atom is 0.234 e. The lowest BCUT2D eigenvalue weighted by Gasteiger charge is -2.07. The molecule has 0 atom stereocenters. The molecule has 0 unspecified atom stereocenters. The Labute approximate surface area is 172 Å². The van der Waals surface area contributed by atoms with Crippen LogP contribution < -0.4 is 5.32 Å². The summed E-state index contributed by atoms with van der Waals surface area (Å²) >= 11 is 1.36. The quantitative estimate of drug-likeness (QED) is 0.484. The van der Waals surface area contributed by atoms with Gasteiger partial charge in [0.15, 0.2) is 0 Å². The highest BCUT2D eigenvalue weighted by atomic mass is 32.2. The fourth-order valence-electron chi connectivity index (χ4n) is 3.26. The van der Waals surface area contributed by atoms with Gasteiger partial charge < -0.3 is 5.32 Å². The number of nitrogens with zero attached hydrogens (tertiary/aromatic N) is 4. The Bertz CT molecular complexity index is 1170. The number of pyridine rings is 1. The van der Waals surface area contributed by atoms with E-state index in [9.17, 15) is 4.79 Å². The highest BCUT2D eigenvalue weighted by molar-refractivity contribution is 7.99. The smallest absolute Gasteiger partial charge is 0.234 e. The van der Waals surface area contributed by atoms with Crippen LogP contribution in [0.15, 0.2) is 72.0 Å². The first-order chi connectivity index (χ1) is 14.3. The number of para-hydroxylation sites is 1. The molecule has 6 nitrogen and oxygen atoms in total. The Hall–Kier alpha value is -3.19. The van der Waals surface area contributed by atoms with E-state index >= 15 is 0 Å². The maximum absolute atomic E-state index is 12.5. The molecule has 1 fully saturated rings. The molecule has 0 aliphatic heterocycles. The van der Waals surface area contributed by atoms with Crippen LogP contribution in [0.1, 0.15) is 24.6 Å². The number of benzene rings is 2. The van der Waals surface area contributed by atoms with Gasteiger partial charge in [0.05, 0.1) is 22.6 Å². The van der Waals surface area contributed by atoms with Gasteiger partial charge in [0.1, 0.15) is 5.82 Å². The zero-order valence-electron chi connectivity index (χ0n) is 15.7. The molecule has 4 aromatic rings. The molecule has 0 bridgehead atoms. The summed E-state index contributed by atoms with van der Waals surface area (Å²) in [6.45, 7) is 0. The highest BCUT2D eigenvalue weighted by Gasteiger charge is 2.30. The number of hydrogen-bond acceptors (Lipinski definition) is 5. The van der Waals surface area contributed by atoms with Crippen LogP contribution in [0.25, 0.3) is 16.6 Å². The molecular formula is C22H19N5OS. The van der Waals surface area contributed by atoms with Crippen molar-refractivity contribution in [1.82, 2.24) is 19.7 Å². The van der Waals surface area contributed by atoms with Crippen molar-refractivity contribution in [3.05, 3.63) is 72.7 Å². The molecule has 2 aromatic heterocycles. The topological polar surface area (TPSA) is 72.7 Å². The number of nitrogens with one attached hydrogen (secondary N) is 1. The van der Waals surface area contributed by atoms with Gasteiger partial charge in [0, 0.05) is 17.5 Å². The summed E-state index contributed by atoms with van der Waals surface area (Å²) in [6, 6.07) is 19.6. The predicted molar refractivity (Wildman–Crippen MR) is 114 cm³/mol. The molecule has 1 saturated carbocycles. The Balaban J connectivity index is 1.30. The van der Waals surface area contributed by atoms with E-state index in [0.717, 1.165) is 40.9 Å². The standard InChI is InChI=1S/C22H19N5OS/c28-20(24-19-10-4-9-18-17(19)8-5-13-23-18)14-29-22-25-21(15-11-12-15)27(26-22)16-6-2-1-3-7-16/h1-10,13,15H,11-12,14H2,(H,24,28). The van der Waals surface area contributed by atoms with Gasteiger partial charge in [-0.25, -0.2) is 9.67 Å². The summed E-state index contributed by atoms with van der Waals surface area (Å²) < 4.78 is 1.91. The molecule has 1 amide bonds. The van der Waals surface area contributed by atoms with Crippen molar-refractivity contribution in [3.63, 3.8) is 0 Å². The lowest BCUT2D eigenvalue weighted by molar-refractivity contribution is -0.113. The number of fused-ring (bicyclic) bond motifs is 1. The summed E-state index contributed by atoms with van der Waals surface area (Å²) in [4.78, 5) is 21.6. The molecule has 2 aromatic carbocycles. The normalized spacial score (nSPS) is 13.5. The second-order valence-electron chi connectivity index (χ2n) is 6.99. The minimum atomic E-state index is -0.0876. The number of thioether (sulfide) groups is 1. The second kappa shape index (κ2) is 7.67. The molecule has 1 N–H and O–H groups in total. The molecule has 1 aliphatic rings. The van der Waals surface area contributed by atoms with Crippen LogP contribution in [-0.4, -0.2) is 31.4 Å². The Morgan fingerprint density at radius 2 is 1.93 bits per heavy atom. The maximum atomic E-state index is 12.5. The van der Waals surface area contributed by atoms with E-state index in [1.165, 1.54) is 11.8 Å². The fraction of sp³-hybridized carbons (Fsp3) is 0.182. The third-order valence-electron chi connectivity index (χ3n) is 4.81. The van der Waals surface area contributed by atoms with Crippen LogP contribution in [0.4, 0.5) is 5.69 Å². The average Bonchev–Trinajstić information content (AvgIpc) is 3.52. The number of rotatable bonds is 6. The SMILES string of the molecule is O=C(CSc1nc(C2CC2)n(-c2ccccc2)n1)Nc1cccc2ncccc12. The van der Waals surface area contributed by atoms with Crippen molar-refractivity contribution in [1.29, 1.82) is 0 Å². The summed E-state index contributed by atoms with van der Waals surface area (Å²) in [5.41, 5.74) is 2.62. The third-order valence-corrected chi connectivity index (χ3v) is 5.65. The molecular weight excluding hydrogens is 382 g/mol. The van der Waals surface area contributed by atoms with Gasteiger partial charge in [-0.2, -0.15) is 0 Å². The summed E-state index contributed by atoms with van der Waals surface area (Å²) in [7, 11) is 0. The van der Waals surface area contributed by atoms with E-state index in [1.807, 2.05) is 65.3 Å². The van der Waals surface area contributed by atoms with Crippen LogP contribution in [0, 0.1) is 0 Å². The molecule has 7 heteroatoms. The molecule has 1 aliphatic carbocycles. The minimum absolute atomic E-state index is 0.0876. The van der Waals surface area contributed by atoms with Crippen LogP contribution >= 0.6 is 11.8 Å². The molecule has 144 valence electrons. The predicted octanol–water partition coefficient (Wildman–Crippen LogP) is 4.42. The number of anilines is 1. The summed E-state index contributed by atoms with van der Waals surface area (Å²) in [5.74, 6) is 1.61. The van der Waals surface area contributed by atoms with Crippen LogP contribution in [0.3, 0.4) is 0 Å². The molecule has 29 heavy (non-hydrogen) atoms. The lowest BCUT2D eigenvalue weighted by atomic mass is 10.2. The first-order valence-corrected chi connectivity index (χ1v) is 10.6. The van der Waals surface area contributed by atoms with Gasteiger partial charge in [-0.1, -0.05) is 36.0 Å². The van der Waals surface area contributed by atoms with Crippen molar-refractivity contribution in [2.24, 2.45) is 0 Å². The van der Waals surface area contributed by atoms with Crippen molar-refractivity contribution in [3.8, 4) is 5.69 Å². The van der Waals surface area contributed by atoms with Crippen molar-refractivity contribution >= 4 is 34.3 Å². The van der Waals surface area contributed by atoms with Crippen molar-refractivity contribution < 1.29 is 4.79 Å². The number of amides is 1. The average molecular weight is 401 g/mol. The van der Waals surface area contributed by atoms with Gasteiger partial charge in [-0.3, -0.25) is 9.78 Å². The van der Waals surface area contributed by atoms with Crippen molar-refractivity contribution in [2.75, 3.05) is 11.1 Å². The molecule has 0 saturated heterocycles. The van der Waals surface area contributed by atoms with E-state index in [0.29, 0.717) is 11.1 Å². The molecule has 2 heterocycles. The first kappa shape index (κ1) is 17.9. The van der Waals surface area contributed by atoms with Gasteiger partial charge in [-0.05, 0) is 49.2 Å². The van der Waals surface area contributed by atoms with Gasteiger partial charge >= 0.3 is 0 Å². The third kappa shape index (κ3) is 3.86. The number of aromatic nitrogens is 4. The van der Waals surface area contributed by atoms with Crippen LogP contribution in [0.5, 0.6) is 0 Å². The molecule has 0 spiro atoms. The largest absolute Gasteiger partial charge is 0.325 e. The summed E-state index contributed by atoms with van der Waals surface area (Å²) in [6.07, 6.45) is 4.03. The van der Waals surface area contributed by atoms with Crippen LogP contribution in [-0.2, 0) is 4.79 Å². The van der Waals surface area contributed by atoms with Gasteiger partial charge in [-0.15, -0.1) is 5.10 Å². The Morgan fingerprint density at radius 1 is 1.07 bits per heavy atom. The van der Waals surface area contributed by atoms with E-state index in [1.54, 1.807) is 6.20 Å². The second-order valence-corrected chi connectivity index (χ2v) is 7.93. The minimum Gasteiger partial charge on any atom is -0.325 e. The first-order valence-electron chi connectivity index (χ1n) is 9.57. The van der Waals surface area contributed by atoms with E-state index in [-0.39, 0.29) is 11.7 Å². The van der Waals surface area contributed by atoms with E-state index in [2.05, 4.69) is 15.4 Å². The zero-order chi connectivity index (χ0) is 19.6. The van der Waals surface area contributed by atoms with Gasteiger partial charge in [0.2, 0.25) is 11.1 Å². The monoisotopic (exact) mass is 401 g/mol. The van der Waals surface area contributed by atoms with Gasteiger partial charge in [0.25, 0.3) is 0 Å². The Kier molecular flexibility index (Phi) is 4.73. The summed E-state index contributed by atoms with van der Waals surface area (Å²) in [5, 5.41) is 9.19. The molecule has 5 rings (SSSR count). The lowest BCUT2D eigenvalue weighted by Crippen LogP contribution is -2.14. The number of carbonyl (C=O) groups is 1. The van der Waals surface area contributed by atoms with Crippen molar-refractivity contribution in [2.45, 2.75) is 23.9 Å². The highest BCUT2D eigenvalue weighted by Crippen LogP contribution is 2.40. The fourth-order valence-corrected chi connectivity index (χ4v) is 3.89. The van der Waals surface area contributed by atoms with E-state index in [4.69, 9.17) is 4.98 Å². The zero-order valence-corrected chi connectivity index (χ0v) is 16.5. The number of carbonyl (C=O) groups excluding carboxylic acids is 1. The number of hydrogen-bond donors (Lipinski definition) is 1. The molecule has 0 radical (unpaired) electrons. The van der Waals surface area contributed by atoms with E-state index < -0.39 is 0 Å². The van der Waals surface area contributed by atoms with Crippen LogP contribution in [0.2, 0.25) is 0 Å². The Morgan fingerprint density at radius 3 is 2.76 bits per heavy atom.